The summed E-state index contributed by atoms with van der Waals surface area (Å²) in [6, 6.07) is 0. The molecule has 0 bridgehead atoms. The van der Waals surface area contributed by atoms with E-state index in [9.17, 15) is 14.4 Å². The van der Waals surface area contributed by atoms with Crippen molar-refractivity contribution in [2.75, 3.05) is 53.0 Å². The Balaban J connectivity index is 1.74. The highest BCUT2D eigenvalue weighted by atomic mass is 16.5. The third-order valence-corrected chi connectivity index (χ3v) is 6.25. The van der Waals surface area contributed by atoms with Crippen LogP contribution in [0.4, 0.5) is 0 Å². The van der Waals surface area contributed by atoms with Crippen molar-refractivity contribution < 1.29 is 23.9 Å². The van der Waals surface area contributed by atoms with Gasteiger partial charge in [-0.25, -0.2) is 4.79 Å². The topological polar surface area (TPSA) is 91.9 Å². The number of H-pyrrole nitrogens is 1. The Kier molecular flexibility index (Phi) is 7.66. The van der Waals surface area contributed by atoms with Crippen LogP contribution in [0.2, 0.25) is 0 Å². The molecule has 0 spiro atoms. The first kappa shape index (κ1) is 22.5. The summed E-state index contributed by atoms with van der Waals surface area (Å²) in [4.78, 5) is 45.3. The van der Waals surface area contributed by atoms with Crippen molar-refractivity contribution in [1.82, 2.24) is 14.8 Å². The molecule has 1 amide bonds. The lowest BCUT2D eigenvalue weighted by Crippen LogP contribution is -2.46. The lowest BCUT2D eigenvalue weighted by Gasteiger charge is -2.31. The van der Waals surface area contributed by atoms with Gasteiger partial charge in [0.15, 0.2) is 5.78 Å². The van der Waals surface area contributed by atoms with Crippen molar-refractivity contribution in [2.45, 2.75) is 39.5 Å². The van der Waals surface area contributed by atoms with Crippen LogP contribution >= 0.6 is 0 Å². The number of aromatic nitrogens is 1. The number of hydrogen-bond donors (Lipinski definition) is 1. The van der Waals surface area contributed by atoms with Crippen molar-refractivity contribution >= 4 is 17.7 Å². The Morgan fingerprint density at radius 3 is 2.47 bits per heavy atom. The number of nitrogens with zero attached hydrogens (tertiary/aromatic N) is 2. The molecular formula is C22H33N3O5. The second kappa shape index (κ2) is 10.2. The summed E-state index contributed by atoms with van der Waals surface area (Å²) < 4.78 is 10.2. The number of amides is 1. The molecule has 0 unspecified atom stereocenters. The molecule has 1 saturated carbocycles. The molecule has 166 valence electrons. The van der Waals surface area contributed by atoms with E-state index in [4.69, 9.17) is 9.47 Å². The number of morpholine rings is 1. The van der Waals surface area contributed by atoms with Crippen LogP contribution in [-0.2, 0) is 14.3 Å². The zero-order valence-corrected chi connectivity index (χ0v) is 18.3. The van der Waals surface area contributed by atoms with E-state index in [1.807, 2.05) is 0 Å². The lowest BCUT2D eigenvalue weighted by molar-refractivity contribution is -0.135. The Morgan fingerprint density at radius 1 is 1.17 bits per heavy atom. The maximum Gasteiger partial charge on any atom is 0.354 e. The molecule has 2 aliphatic rings. The molecule has 1 aliphatic heterocycles. The van der Waals surface area contributed by atoms with E-state index >= 15 is 0 Å². The van der Waals surface area contributed by atoms with E-state index < -0.39 is 5.97 Å². The van der Waals surface area contributed by atoms with Gasteiger partial charge in [-0.05, 0) is 32.3 Å². The van der Waals surface area contributed by atoms with Crippen LogP contribution in [0.25, 0.3) is 0 Å². The van der Waals surface area contributed by atoms with E-state index in [-0.39, 0.29) is 24.2 Å². The molecule has 0 radical (unpaired) electrons. The van der Waals surface area contributed by atoms with Crippen LogP contribution < -0.4 is 0 Å². The number of nitrogens with one attached hydrogen (secondary N) is 1. The number of ketones is 1. The average Bonchev–Trinajstić information content (AvgIpc) is 3.38. The Bertz CT molecular complexity index is 776. The molecule has 8 nitrogen and oxygen atoms in total. The van der Waals surface area contributed by atoms with Crippen LogP contribution in [0.3, 0.4) is 0 Å². The van der Waals surface area contributed by atoms with Gasteiger partial charge in [-0.1, -0.05) is 12.8 Å². The van der Waals surface area contributed by atoms with Crippen molar-refractivity contribution in [1.29, 1.82) is 0 Å². The van der Waals surface area contributed by atoms with Gasteiger partial charge in [0.2, 0.25) is 5.91 Å². The maximum atomic E-state index is 13.2. The van der Waals surface area contributed by atoms with E-state index in [0.717, 1.165) is 45.3 Å². The molecule has 2 heterocycles. The van der Waals surface area contributed by atoms with Crippen LogP contribution in [-0.4, -0.2) is 85.5 Å². The summed E-state index contributed by atoms with van der Waals surface area (Å²) in [5, 5.41) is 0. The van der Waals surface area contributed by atoms with E-state index in [0.29, 0.717) is 42.3 Å². The molecule has 1 saturated heterocycles. The lowest BCUT2D eigenvalue weighted by atomic mass is 10.0. The van der Waals surface area contributed by atoms with Crippen molar-refractivity contribution in [3.63, 3.8) is 0 Å². The molecule has 1 N–H and O–H groups in total. The van der Waals surface area contributed by atoms with Gasteiger partial charge in [-0.3, -0.25) is 14.5 Å². The predicted molar refractivity (Wildman–Crippen MR) is 112 cm³/mol. The molecule has 0 atom stereocenters. The van der Waals surface area contributed by atoms with Gasteiger partial charge in [0.05, 0.1) is 26.9 Å². The number of aryl methyl sites for hydroxylation is 1. The number of carbonyl (C=O) groups excluding carboxylic acids is 3. The molecule has 8 heteroatoms. The molecule has 0 aromatic carbocycles. The first-order valence-corrected chi connectivity index (χ1v) is 10.8. The van der Waals surface area contributed by atoms with Gasteiger partial charge in [0, 0.05) is 43.4 Å². The highest BCUT2D eigenvalue weighted by Crippen LogP contribution is 2.27. The number of esters is 1. The smallest absolute Gasteiger partial charge is 0.354 e. The number of ether oxygens (including phenoxy) is 2. The van der Waals surface area contributed by atoms with Crippen molar-refractivity contribution in [2.24, 2.45) is 5.92 Å². The number of carbonyl (C=O) groups is 3. The van der Waals surface area contributed by atoms with Crippen molar-refractivity contribution in [3.8, 4) is 0 Å². The first-order chi connectivity index (χ1) is 14.4. The number of Topliss-reactive ketones (excluding diaryl/α,β-unsaturated/α-hetero) is 1. The number of aromatic amines is 1. The fourth-order valence-corrected chi connectivity index (χ4v) is 4.51. The van der Waals surface area contributed by atoms with E-state index in [1.165, 1.54) is 7.11 Å². The third kappa shape index (κ3) is 5.10. The van der Waals surface area contributed by atoms with Gasteiger partial charge < -0.3 is 19.4 Å². The number of hydrogen-bond acceptors (Lipinski definition) is 6. The number of methoxy groups -OCH3 is 1. The van der Waals surface area contributed by atoms with Crippen LogP contribution in [0.1, 0.15) is 57.8 Å². The van der Waals surface area contributed by atoms with Gasteiger partial charge >= 0.3 is 5.97 Å². The summed E-state index contributed by atoms with van der Waals surface area (Å²) in [6.07, 6.45) is 3.94. The molecule has 3 rings (SSSR count). The van der Waals surface area contributed by atoms with Gasteiger partial charge in [-0.15, -0.1) is 0 Å². The normalized spacial score (nSPS) is 17.8. The third-order valence-electron chi connectivity index (χ3n) is 6.25. The number of rotatable bonds is 8. The zero-order valence-electron chi connectivity index (χ0n) is 18.3. The van der Waals surface area contributed by atoms with Crippen LogP contribution in [0.5, 0.6) is 0 Å². The molecular weight excluding hydrogens is 386 g/mol. The van der Waals surface area contributed by atoms with Gasteiger partial charge in [0.1, 0.15) is 5.69 Å². The van der Waals surface area contributed by atoms with Gasteiger partial charge in [0.25, 0.3) is 0 Å². The summed E-state index contributed by atoms with van der Waals surface area (Å²) in [5.41, 5.74) is 1.97. The molecule has 1 aliphatic carbocycles. The second-order valence-corrected chi connectivity index (χ2v) is 8.23. The van der Waals surface area contributed by atoms with Crippen LogP contribution in [0.15, 0.2) is 0 Å². The minimum atomic E-state index is -0.499. The van der Waals surface area contributed by atoms with E-state index in [2.05, 4.69) is 9.88 Å². The summed E-state index contributed by atoms with van der Waals surface area (Å²) >= 11 is 0. The highest BCUT2D eigenvalue weighted by molar-refractivity contribution is 6.04. The maximum absolute atomic E-state index is 13.2. The summed E-state index contributed by atoms with van der Waals surface area (Å²) in [6.45, 7) is 7.88. The molecule has 1 aromatic rings. The Morgan fingerprint density at radius 2 is 1.83 bits per heavy atom. The summed E-state index contributed by atoms with van der Waals surface area (Å²) in [5.74, 6) is -0.555. The minimum absolute atomic E-state index is 0.0153. The fourth-order valence-electron chi connectivity index (χ4n) is 4.51. The molecule has 2 fully saturated rings. The van der Waals surface area contributed by atoms with Gasteiger partial charge in [-0.2, -0.15) is 0 Å². The average molecular weight is 420 g/mol. The SMILES string of the molecule is COC(=O)c1[nH]c(C)c(C(=O)CN(CCN2CCOCC2)C(=O)C2CCCC2)c1C. The van der Waals surface area contributed by atoms with E-state index in [1.54, 1.807) is 18.7 Å². The summed E-state index contributed by atoms with van der Waals surface area (Å²) in [7, 11) is 1.31. The minimum Gasteiger partial charge on any atom is -0.464 e. The first-order valence-electron chi connectivity index (χ1n) is 10.8. The largest absolute Gasteiger partial charge is 0.464 e. The Hall–Kier alpha value is -2.19. The molecule has 1 aromatic heterocycles. The quantitative estimate of drug-likeness (QED) is 0.512. The van der Waals surface area contributed by atoms with Crippen molar-refractivity contribution in [3.05, 3.63) is 22.5 Å². The second-order valence-electron chi connectivity index (χ2n) is 8.23. The van der Waals surface area contributed by atoms with Crippen LogP contribution in [0, 0.1) is 19.8 Å². The predicted octanol–water partition coefficient (Wildman–Crippen LogP) is 1.95. The fraction of sp³-hybridized carbons (Fsp3) is 0.682. The standard InChI is InChI=1S/C22H33N3O5/c1-15-19(16(2)23-20(15)22(28)29-3)18(26)14-25(21(27)17-6-4-5-7-17)9-8-24-10-12-30-13-11-24/h17,23H,4-14H2,1-3H3. The zero-order chi connectivity index (χ0) is 21.7. The Labute approximate surface area is 177 Å². The highest BCUT2D eigenvalue weighted by Gasteiger charge is 2.30. The molecule has 30 heavy (non-hydrogen) atoms. The monoisotopic (exact) mass is 419 g/mol.